The molecular formula is C15H12N2O4. The number of rotatable bonds is 3. The van der Waals surface area contributed by atoms with Gasteiger partial charge in [0, 0.05) is 17.2 Å². The summed E-state index contributed by atoms with van der Waals surface area (Å²) in [5, 5.41) is 22.8. The highest BCUT2D eigenvalue weighted by atomic mass is 16.5. The highest BCUT2D eigenvalue weighted by molar-refractivity contribution is 5.62. The minimum atomic E-state index is -0.0748. The number of hydrogen-bond acceptors (Lipinski definition) is 6. The van der Waals surface area contributed by atoms with Gasteiger partial charge in [0.15, 0.2) is 0 Å². The van der Waals surface area contributed by atoms with Gasteiger partial charge in [-0.15, -0.1) is 0 Å². The Balaban J connectivity index is 1.95. The van der Waals surface area contributed by atoms with Crippen LogP contribution in [0.5, 0.6) is 17.2 Å². The third kappa shape index (κ3) is 2.64. The van der Waals surface area contributed by atoms with Crippen LogP contribution in [0.1, 0.15) is 0 Å². The summed E-state index contributed by atoms with van der Waals surface area (Å²) in [7, 11) is 1.59. The fourth-order valence-corrected chi connectivity index (χ4v) is 1.92. The summed E-state index contributed by atoms with van der Waals surface area (Å²) in [5.41, 5.74) is 1.22. The molecule has 0 saturated heterocycles. The standard InChI is InChI=1S/C15H12N2O4/c1-20-13-4-2-9(3-5-13)14-16-15(21-17-14)10-6-11(18)8-12(19)7-10/h2-8,18-19H,1H3. The third-order valence-corrected chi connectivity index (χ3v) is 2.92. The second kappa shape index (κ2) is 5.16. The van der Waals surface area contributed by atoms with Crippen molar-refractivity contribution in [3.63, 3.8) is 0 Å². The first-order valence-electron chi connectivity index (χ1n) is 6.17. The molecule has 3 aromatic rings. The number of phenolic OH excluding ortho intramolecular Hbond substituents is 2. The van der Waals surface area contributed by atoms with Gasteiger partial charge in [0.2, 0.25) is 5.82 Å². The molecule has 6 heteroatoms. The maximum Gasteiger partial charge on any atom is 0.258 e. The van der Waals surface area contributed by atoms with E-state index < -0.39 is 0 Å². The molecule has 6 nitrogen and oxygen atoms in total. The van der Waals surface area contributed by atoms with E-state index in [-0.39, 0.29) is 17.4 Å². The second-order valence-corrected chi connectivity index (χ2v) is 4.39. The maximum absolute atomic E-state index is 9.47. The van der Waals surface area contributed by atoms with E-state index in [2.05, 4.69) is 10.1 Å². The van der Waals surface area contributed by atoms with Crippen LogP contribution in [0.15, 0.2) is 47.0 Å². The van der Waals surface area contributed by atoms with Gasteiger partial charge in [0.05, 0.1) is 7.11 Å². The SMILES string of the molecule is COc1ccc(-c2noc(-c3cc(O)cc(O)c3)n2)cc1. The van der Waals surface area contributed by atoms with E-state index in [4.69, 9.17) is 9.26 Å². The van der Waals surface area contributed by atoms with Crippen LogP contribution < -0.4 is 4.74 Å². The van der Waals surface area contributed by atoms with Crippen molar-refractivity contribution in [2.75, 3.05) is 7.11 Å². The van der Waals surface area contributed by atoms with Crippen LogP contribution in [-0.4, -0.2) is 27.5 Å². The minimum absolute atomic E-state index is 0.0748. The molecule has 0 aliphatic rings. The van der Waals surface area contributed by atoms with Gasteiger partial charge < -0.3 is 19.5 Å². The Morgan fingerprint density at radius 1 is 0.952 bits per heavy atom. The Kier molecular flexibility index (Phi) is 3.19. The van der Waals surface area contributed by atoms with E-state index in [0.29, 0.717) is 11.4 Å². The maximum atomic E-state index is 9.47. The van der Waals surface area contributed by atoms with Crippen LogP contribution in [0.3, 0.4) is 0 Å². The Morgan fingerprint density at radius 3 is 2.24 bits per heavy atom. The van der Waals surface area contributed by atoms with Crippen LogP contribution in [0.4, 0.5) is 0 Å². The van der Waals surface area contributed by atoms with Crippen molar-refractivity contribution in [1.82, 2.24) is 10.1 Å². The summed E-state index contributed by atoms with van der Waals surface area (Å²) >= 11 is 0. The number of ether oxygens (including phenoxy) is 1. The lowest BCUT2D eigenvalue weighted by atomic mass is 10.2. The van der Waals surface area contributed by atoms with E-state index in [1.54, 1.807) is 19.2 Å². The second-order valence-electron chi connectivity index (χ2n) is 4.39. The molecule has 0 amide bonds. The topological polar surface area (TPSA) is 88.6 Å². The Hall–Kier alpha value is -3.02. The van der Waals surface area contributed by atoms with Gasteiger partial charge in [0.25, 0.3) is 5.89 Å². The van der Waals surface area contributed by atoms with Gasteiger partial charge >= 0.3 is 0 Å². The molecule has 0 atom stereocenters. The molecule has 0 bridgehead atoms. The fourth-order valence-electron chi connectivity index (χ4n) is 1.92. The lowest BCUT2D eigenvalue weighted by Crippen LogP contribution is -1.84. The number of benzene rings is 2. The zero-order chi connectivity index (χ0) is 14.8. The zero-order valence-electron chi connectivity index (χ0n) is 11.1. The lowest BCUT2D eigenvalue weighted by Gasteiger charge is -1.99. The molecule has 1 aromatic heterocycles. The summed E-state index contributed by atoms with van der Waals surface area (Å²) in [4.78, 5) is 4.25. The van der Waals surface area contributed by atoms with E-state index in [0.717, 1.165) is 11.3 Å². The molecule has 1 heterocycles. The van der Waals surface area contributed by atoms with Gasteiger partial charge in [-0.1, -0.05) is 5.16 Å². The molecule has 2 N–H and O–H groups in total. The number of methoxy groups -OCH3 is 1. The molecule has 0 fully saturated rings. The van der Waals surface area contributed by atoms with Crippen molar-refractivity contribution in [3.05, 3.63) is 42.5 Å². The summed E-state index contributed by atoms with van der Waals surface area (Å²) < 4.78 is 10.2. The smallest absolute Gasteiger partial charge is 0.258 e. The predicted octanol–water partition coefficient (Wildman–Crippen LogP) is 2.82. The fraction of sp³-hybridized carbons (Fsp3) is 0.0667. The van der Waals surface area contributed by atoms with Gasteiger partial charge in [-0.05, 0) is 36.4 Å². The first-order chi connectivity index (χ1) is 10.2. The van der Waals surface area contributed by atoms with Crippen molar-refractivity contribution in [1.29, 1.82) is 0 Å². The Morgan fingerprint density at radius 2 is 1.62 bits per heavy atom. The van der Waals surface area contributed by atoms with Crippen LogP contribution in [-0.2, 0) is 0 Å². The van der Waals surface area contributed by atoms with Crippen LogP contribution in [0.2, 0.25) is 0 Å². The van der Waals surface area contributed by atoms with E-state index >= 15 is 0 Å². The van der Waals surface area contributed by atoms with Crippen molar-refractivity contribution >= 4 is 0 Å². The van der Waals surface area contributed by atoms with Crippen molar-refractivity contribution in [3.8, 4) is 40.1 Å². The quantitative estimate of drug-likeness (QED) is 0.768. The van der Waals surface area contributed by atoms with Crippen molar-refractivity contribution in [2.45, 2.75) is 0 Å². The summed E-state index contributed by atoms with van der Waals surface area (Å²) in [6.07, 6.45) is 0. The first-order valence-corrected chi connectivity index (χ1v) is 6.17. The summed E-state index contributed by atoms with van der Waals surface area (Å²) in [5.74, 6) is 1.21. The summed E-state index contributed by atoms with van der Waals surface area (Å²) in [6, 6.07) is 11.3. The van der Waals surface area contributed by atoms with Gasteiger partial charge in [-0.25, -0.2) is 0 Å². The van der Waals surface area contributed by atoms with Gasteiger partial charge in [0.1, 0.15) is 17.2 Å². The predicted molar refractivity (Wildman–Crippen MR) is 75.1 cm³/mol. The molecule has 106 valence electrons. The number of nitrogens with zero attached hydrogens (tertiary/aromatic N) is 2. The van der Waals surface area contributed by atoms with Crippen molar-refractivity contribution < 1.29 is 19.5 Å². The third-order valence-electron chi connectivity index (χ3n) is 2.92. The van der Waals surface area contributed by atoms with Crippen LogP contribution >= 0.6 is 0 Å². The highest BCUT2D eigenvalue weighted by Gasteiger charge is 2.12. The van der Waals surface area contributed by atoms with Crippen LogP contribution in [0.25, 0.3) is 22.8 Å². The number of aromatic hydroxyl groups is 2. The van der Waals surface area contributed by atoms with Crippen LogP contribution in [0, 0.1) is 0 Å². The molecular weight excluding hydrogens is 272 g/mol. The van der Waals surface area contributed by atoms with Gasteiger partial charge in [-0.3, -0.25) is 0 Å². The van der Waals surface area contributed by atoms with E-state index in [9.17, 15) is 10.2 Å². The average Bonchev–Trinajstić information content (AvgIpc) is 2.96. The molecule has 0 spiro atoms. The normalized spacial score (nSPS) is 10.5. The number of phenols is 2. The molecule has 21 heavy (non-hydrogen) atoms. The molecule has 2 aromatic carbocycles. The summed E-state index contributed by atoms with van der Waals surface area (Å²) in [6.45, 7) is 0. The van der Waals surface area contributed by atoms with E-state index in [1.807, 2.05) is 12.1 Å². The molecule has 0 aliphatic heterocycles. The molecule has 0 saturated carbocycles. The van der Waals surface area contributed by atoms with E-state index in [1.165, 1.54) is 18.2 Å². The largest absolute Gasteiger partial charge is 0.508 e. The molecule has 0 aliphatic carbocycles. The Bertz CT molecular complexity index is 745. The highest BCUT2D eigenvalue weighted by Crippen LogP contribution is 2.29. The minimum Gasteiger partial charge on any atom is -0.508 e. The zero-order valence-corrected chi connectivity index (χ0v) is 11.1. The molecule has 0 unspecified atom stereocenters. The molecule has 0 radical (unpaired) electrons. The molecule has 3 rings (SSSR count). The average molecular weight is 284 g/mol. The first kappa shape index (κ1) is 13.0. The Labute approximate surface area is 120 Å². The number of aromatic nitrogens is 2. The van der Waals surface area contributed by atoms with Crippen molar-refractivity contribution in [2.24, 2.45) is 0 Å². The monoisotopic (exact) mass is 284 g/mol. The lowest BCUT2D eigenvalue weighted by molar-refractivity contribution is 0.415. The number of hydrogen-bond donors (Lipinski definition) is 2. The van der Waals surface area contributed by atoms with Gasteiger partial charge in [-0.2, -0.15) is 4.98 Å².